The fourth-order valence-electron chi connectivity index (χ4n) is 2.31. The molecule has 1 fully saturated rings. The van der Waals surface area contributed by atoms with E-state index in [2.05, 4.69) is 17.0 Å². The highest BCUT2D eigenvalue weighted by molar-refractivity contribution is 6.31. The first-order chi connectivity index (χ1) is 8.13. The smallest absolute Gasteiger partial charge is 0.172 e. The largest absolute Gasteiger partial charge is 0.409 e. The lowest BCUT2D eigenvalue weighted by molar-refractivity contribution is 0.318. The second-order valence-corrected chi connectivity index (χ2v) is 4.77. The van der Waals surface area contributed by atoms with E-state index in [1.807, 2.05) is 12.1 Å². The van der Waals surface area contributed by atoms with E-state index >= 15 is 0 Å². The van der Waals surface area contributed by atoms with Gasteiger partial charge < -0.3 is 15.8 Å². The van der Waals surface area contributed by atoms with E-state index in [0.717, 1.165) is 18.7 Å². The zero-order valence-electron chi connectivity index (χ0n) is 9.73. The molecule has 0 spiro atoms. The molecule has 2 rings (SSSR count). The Morgan fingerprint density at radius 1 is 1.59 bits per heavy atom. The van der Waals surface area contributed by atoms with E-state index in [0.29, 0.717) is 16.6 Å². The van der Waals surface area contributed by atoms with E-state index in [1.165, 1.54) is 6.42 Å². The molecule has 1 unspecified atom stereocenters. The lowest BCUT2D eigenvalue weighted by Gasteiger charge is -2.26. The first-order valence-corrected chi connectivity index (χ1v) is 6.05. The summed E-state index contributed by atoms with van der Waals surface area (Å²) in [6.07, 6.45) is 2.33. The van der Waals surface area contributed by atoms with Crippen LogP contribution in [-0.4, -0.2) is 23.6 Å². The van der Waals surface area contributed by atoms with Gasteiger partial charge in [0.05, 0.1) is 0 Å². The number of benzene rings is 1. The highest BCUT2D eigenvalue weighted by Crippen LogP contribution is 2.30. The molecular formula is C12H16ClN3O. The second-order valence-electron chi connectivity index (χ2n) is 4.33. The molecule has 0 bridgehead atoms. The van der Waals surface area contributed by atoms with Gasteiger partial charge in [0.1, 0.15) is 0 Å². The van der Waals surface area contributed by atoms with Crippen LogP contribution in [0.25, 0.3) is 0 Å². The normalized spacial score (nSPS) is 20.9. The highest BCUT2D eigenvalue weighted by atomic mass is 35.5. The Kier molecular flexibility index (Phi) is 3.43. The van der Waals surface area contributed by atoms with E-state index in [-0.39, 0.29) is 5.84 Å². The highest BCUT2D eigenvalue weighted by Gasteiger charge is 2.23. The summed E-state index contributed by atoms with van der Waals surface area (Å²) >= 11 is 5.95. The van der Waals surface area contributed by atoms with E-state index in [9.17, 15) is 0 Å². The van der Waals surface area contributed by atoms with Gasteiger partial charge in [0, 0.05) is 28.9 Å². The van der Waals surface area contributed by atoms with Crippen LogP contribution >= 0.6 is 11.6 Å². The number of hydrogen-bond donors (Lipinski definition) is 2. The zero-order chi connectivity index (χ0) is 12.4. The fraction of sp³-hybridized carbons (Fsp3) is 0.417. The molecule has 0 aromatic heterocycles. The van der Waals surface area contributed by atoms with Gasteiger partial charge in [0.25, 0.3) is 0 Å². The number of nitrogens with zero attached hydrogens (tertiary/aromatic N) is 2. The molecule has 1 saturated heterocycles. The number of rotatable bonds is 2. The Bertz CT molecular complexity index is 447. The van der Waals surface area contributed by atoms with Crippen LogP contribution in [0.2, 0.25) is 5.02 Å². The molecule has 1 atom stereocenters. The third-order valence-corrected chi connectivity index (χ3v) is 3.44. The molecule has 0 aliphatic carbocycles. The maximum atomic E-state index is 8.81. The average molecular weight is 254 g/mol. The predicted octanol–water partition coefficient (Wildman–Crippen LogP) is 2.42. The molecule has 1 aromatic carbocycles. The van der Waals surface area contributed by atoms with Gasteiger partial charge in [-0.05, 0) is 38.0 Å². The number of hydrogen-bond acceptors (Lipinski definition) is 3. The first kappa shape index (κ1) is 12.0. The molecular weight excluding hydrogens is 238 g/mol. The molecule has 0 amide bonds. The first-order valence-electron chi connectivity index (χ1n) is 5.67. The summed E-state index contributed by atoms with van der Waals surface area (Å²) in [6, 6.07) is 5.96. The van der Waals surface area contributed by atoms with E-state index < -0.39 is 0 Å². The molecule has 0 saturated carbocycles. The summed E-state index contributed by atoms with van der Waals surface area (Å²) in [6.45, 7) is 3.17. The van der Waals surface area contributed by atoms with Crippen molar-refractivity contribution in [3.63, 3.8) is 0 Å². The van der Waals surface area contributed by atoms with Crippen LogP contribution in [0.4, 0.5) is 5.69 Å². The van der Waals surface area contributed by atoms with Crippen molar-refractivity contribution in [2.24, 2.45) is 10.9 Å². The van der Waals surface area contributed by atoms with Gasteiger partial charge in [-0.15, -0.1) is 0 Å². The van der Waals surface area contributed by atoms with Crippen LogP contribution in [-0.2, 0) is 0 Å². The van der Waals surface area contributed by atoms with Crippen LogP contribution in [0.1, 0.15) is 25.3 Å². The predicted molar refractivity (Wildman–Crippen MR) is 70.0 cm³/mol. The van der Waals surface area contributed by atoms with Crippen molar-refractivity contribution >= 4 is 23.1 Å². The number of nitrogens with two attached hydrogens (primary N) is 1. The number of amidine groups is 1. The Labute approximate surface area is 106 Å². The van der Waals surface area contributed by atoms with Gasteiger partial charge in [-0.25, -0.2) is 0 Å². The quantitative estimate of drug-likeness (QED) is 0.368. The monoisotopic (exact) mass is 253 g/mol. The molecule has 3 N–H and O–H groups in total. The minimum atomic E-state index is 0.0987. The third kappa shape index (κ3) is 2.31. The van der Waals surface area contributed by atoms with Crippen molar-refractivity contribution < 1.29 is 5.21 Å². The van der Waals surface area contributed by atoms with Crippen LogP contribution in [0, 0.1) is 0 Å². The van der Waals surface area contributed by atoms with Crippen molar-refractivity contribution in [2.75, 3.05) is 11.4 Å². The maximum absolute atomic E-state index is 8.81. The van der Waals surface area contributed by atoms with Crippen molar-refractivity contribution in [3.8, 4) is 0 Å². The van der Waals surface area contributed by atoms with Crippen molar-refractivity contribution in [3.05, 3.63) is 28.8 Å². The standard InChI is InChI=1S/C12H16ClN3O/c1-8-3-2-6-16(8)11-5-4-9(13)7-10(11)12(14)15-17/h4-5,7-8,17H,2-3,6H2,1H3,(H2,14,15). The molecule has 1 aromatic rings. The molecule has 1 heterocycles. The van der Waals surface area contributed by atoms with Gasteiger partial charge in [0.15, 0.2) is 5.84 Å². The summed E-state index contributed by atoms with van der Waals surface area (Å²) < 4.78 is 0. The summed E-state index contributed by atoms with van der Waals surface area (Å²) in [4.78, 5) is 2.27. The topological polar surface area (TPSA) is 61.8 Å². The Balaban J connectivity index is 2.45. The molecule has 92 valence electrons. The summed E-state index contributed by atoms with van der Waals surface area (Å²) in [5, 5.41) is 12.5. The number of oxime groups is 1. The van der Waals surface area contributed by atoms with Gasteiger partial charge in [-0.1, -0.05) is 16.8 Å². The molecule has 1 aliphatic rings. The third-order valence-electron chi connectivity index (χ3n) is 3.20. The SMILES string of the molecule is CC1CCCN1c1ccc(Cl)cc1C(N)=NO. The number of anilines is 1. The van der Waals surface area contributed by atoms with E-state index in [4.69, 9.17) is 22.5 Å². The Morgan fingerprint density at radius 3 is 2.94 bits per heavy atom. The minimum Gasteiger partial charge on any atom is -0.409 e. The van der Waals surface area contributed by atoms with Gasteiger partial charge >= 0.3 is 0 Å². The number of halogens is 1. The maximum Gasteiger partial charge on any atom is 0.172 e. The lowest BCUT2D eigenvalue weighted by Crippen LogP contribution is -2.29. The lowest BCUT2D eigenvalue weighted by atomic mass is 10.1. The summed E-state index contributed by atoms with van der Waals surface area (Å²) in [7, 11) is 0. The minimum absolute atomic E-state index is 0.0987. The van der Waals surface area contributed by atoms with E-state index in [1.54, 1.807) is 6.07 Å². The summed E-state index contributed by atoms with van der Waals surface area (Å²) in [5.74, 6) is 0.0987. The van der Waals surface area contributed by atoms with Crippen LogP contribution < -0.4 is 10.6 Å². The van der Waals surface area contributed by atoms with Gasteiger partial charge in [-0.2, -0.15) is 0 Å². The van der Waals surface area contributed by atoms with Crippen LogP contribution in [0.3, 0.4) is 0 Å². The van der Waals surface area contributed by atoms with Crippen LogP contribution in [0.15, 0.2) is 23.4 Å². The summed E-state index contributed by atoms with van der Waals surface area (Å²) in [5.41, 5.74) is 7.36. The van der Waals surface area contributed by atoms with Crippen molar-refractivity contribution in [1.29, 1.82) is 0 Å². The van der Waals surface area contributed by atoms with Crippen molar-refractivity contribution in [1.82, 2.24) is 0 Å². The molecule has 4 nitrogen and oxygen atoms in total. The van der Waals surface area contributed by atoms with Gasteiger partial charge in [-0.3, -0.25) is 0 Å². The Morgan fingerprint density at radius 2 is 2.35 bits per heavy atom. The average Bonchev–Trinajstić information content (AvgIpc) is 2.74. The Hall–Kier alpha value is -1.42. The van der Waals surface area contributed by atoms with Crippen LogP contribution in [0.5, 0.6) is 0 Å². The van der Waals surface area contributed by atoms with Gasteiger partial charge in [0.2, 0.25) is 0 Å². The molecule has 1 aliphatic heterocycles. The fourth-order valence-corrected chi connectivity index (χ4v) is 2.48. The molecule has 0 radical (unpaired) electrons. The molecule has 5 heteroatoms. The molecule has 17 heavy (non-hydrogen) atoms. The zero-order valence-corrected chi connectivity index (χ0v) is 10.5. The van der Waals surface area contributed by atoms with Crippen molar-refractivity contribution in [2.45, 2.75) is 25.8 Å². The second kappa shape index (κ2) is 4.84.